The number of urea groups is 1. The molecule has 46 valence electrons. The Bertz CT molecular complexity index is 104. The molecule has 1 fully saturated rings. The van der Waals surface area contributed by atoms with Crippen molar-refractivity contribution < 1.29 is 9.63 Å². The first-order chi connectivity index (χ1) is 3.79. The molecule has 1 aliphatic heterocycles. The van der Waals surface area contributed by atoms with Crippen molar-refractivity contribution >= 4 is 6.03 Å². The van der Waals surface area contributed by atoms with Gasteiger partial charge in [0.15, 0.2) is 0 Å². The fourth-order valence-electron chi connectivity index (χ4n) is 0.527. The molecule has 1 saturated heterocycles. The van der Waals surface area contributed by atoms with Crippen LogP contribution in [0.4, 0.5) is 4.79 Å². The third kappa shape index (κ3) is 1.10. The second-order valence-electron chi connectivity index (χ2n) is 1.79. The molecule has 0 radical (unpaired) electrons. The SMILES string of the molecule is CC1CONC(=O)N1. The molecule has 0 aromatic rings. The fourth-order valence-corrected chi connectivity index (χ4v) is 0.527. The molecule has 0 aromatic carbocycles. The summed E-state index contributed by atoms with van der Waals surface area (Å²) in [5, 5.41) is 2.60. The third-order valence-electron chi connectivity index (χ3n) is 0.876. The van der Waals surface area contributed by atoms with Crippen LogP contribution in [0.2, 0.25) is 0 Å². The molecule has 4 nitrogen and oxygen atoms in total. The predicted molar refractivity (Wildman–Crippen MR) is 27.1 cm³/mol. The smallest absolute Gasteiger partial charge is 0.332 e. The lowest BCUT2D eigenvalue weighted by Crippen LogP contribution is -2.49. The van der Waals surface area contributed by atoms with E-state index in [1.165, 1.54) is 0 Å². The van der Waals surface area contributed by atoms with Crippen LogP contribution in [0.3, 0.4) is 0 Å². The Morgan fingerprint density at radius 1 is 1.88 bits per heavy atom. The highest BCUT2D eigenvalue weighted by molar-refractivity contribution is 5.73. The molecule has 4 heteroatoms. The van der Waals surface area contributed by atoms with Crippen LogP contribution in [0.25, 0.3) is 0 Å². The minimum Gasteiger partial charge on any atom is -0.332 e. The second kappa shape index (κ2) is 2.00. The topological polar surface area (TPSA) is 50.4 Å². The van der Waals surface area contributed by atoms with Crippen molar-refractivity contribution in [2.45, 2.75) is 13.0 Å². The minimum atomic E-state index is -0.260. The molecule has 1 heterocycles. The van der Waals surface area contributed by atoms with Gasteiger partial charge in [0.25, 0.3) is 0 Å². The summed E-state index contributed by atoms with van der Waals surface area (Å²) in [6, 6.07) is -0.132. The van der Waals surface area contributed by atoms with E-state index in [0.717, 1.165) is 0 Å². The molecule has 1 aliphatic rings. The average molecular weight is 116 g/mol. The van der Waals surface area contributed by atoms with Crippen molar-refractivity contribution in [3.05, 3.63) is 0 Å². The van der Waals surface area contributed by atoms with E-state index in [1.807, 2.05) is 6.92 Å². The molecule has 0 bridgehead atoms. The first-order valence-corrected chi connectivity index (χ1v) is 2.47. The summed E-state index contributed by atoms with van der Waals surface area (Å²) in [5.74, 6) is 0. The molecule has 2 N–H and O–H groups in total. The van der Waals surface area contributed by atoms with Crippen molar-refractivity contribution in [2.24, 2.45) is 0 Å². The van der Waals surface area contributed by atoms with Crippen molar-refractivity contribution in [3.63, 3.8) is 0 Å². The quantitative estimate of drug-likeness (QED) is 0.453. The fraction of sp³-hybridized carbons (Fsp3) is 0.750. The largest absolute Gasteiger partial charge is 0.338 e. The first kappa shape index (κ1) is 5.37. The Balaban J connectivity index is 2.34. The highest BCUT2D eigenvalue weighted by Crippen LogP contribution is 1.86. The molecule has 0 aromatic heterocycles. The number of hydrogen-bond acceptors (Lipinski definition) is 2. The third-order valence-corrected chi connectivity index (χ3v) is 0.876. The van der Waals surface area contributed by atoms with Crippen LogP contribution in [0.15, 0.2) is 0 Å². The van der Waals surface area contributed by atoms with Gasteiger partial charge in [0.2, 0.25) is 0 Å². The molecule has 2 amide bonds. The summed E-state index contributed by atoms with van der Waals surface area (Å²) >= 11 is 0. The van der Waals surface area contributed by atoms with Gasteiger partial charge in [-0.2, -0.15) is 0 Å². The molecule has 1 unspecified atom stereocenters. The van der Waals surface area contributed by atoms with E-state index in [2.05, 4.69) is 15.6 Å². The van der Waals surface area contributed by atoms with Gasteiger partial charge < -0.3 is 5.32 Å². The number of carbonyl (C=O) groups excluding carboxylic acids is 1. The van der Waals surface area contributed by atoms with E-state index in [0.29, 0.717) is 6.61 Å². The number of hydrogen-bond donors (Lipinski definition) is 2. The Hall–Kier alpha value is -0.770. The molecule has 8 heavy (non-hydrogen) atoms. The summed E-state index contributed by atoms with van der Waals surface area (Å²) in [7, 11) is 0. The highest BCUT2D eigenvalue weighted by atomic mass is 16.7. The Kier molecular flexibility index (Phi) is 1.34. The lowest BCUT2D eigenvalue weighted by Gasteiger charge is -2.19. The van der Waals surface area contributed by atoms with Gasteiger partial charge >= 0.3 is 6.03 Å². The molecule has 1 rings (SSSR count). The minimum absolute atomic E-state index is 0.128. The Morgan fingerprint density at radius 3 is 3.00 bits per heavy atom. The summed E-state index contributed by atoms with van der Waals surface area (Å²) in [5.41, 5.74) is 2.16. The first-order valence-electron chi connectivity index (χ1n) is 2.47. The van der Waals surface area contributed by atoms with Gasteiger partial charge in [0.1, 0.15) is 0 Å². The molecule has 0 spiro atoms. The zero-order chi connectivity index (χ0) is 5.98. The Labute approximate surface area is 47.2 Å². The molecule has 1 atom stereocenters. The number of rotatable bonds is 0. The number of carbonyl (C=O) groups is 1. The van der Waals surface area contributed by atoms with E-state index in [-0.39, 0.29) is 12.1 Å². The number of hydroxylamine groups is 1. The summed E-state index contributed by atoms with van der Waals surface area (Å²) < 4.78 is 0. The van der Waals surface area contributed by atoms with Gasteiger partial charge in [-0.25, -0.2) is 10.3 Å². The maximum atomic E-state index is 10.3. The van der Waals surface area contributed by atoms with E-state index in [9.17, 15) is 4.79 Å². The monoisotopic (exact) mass is 116 g/mol. The van der Waals surface area contributed by atoms with Crippen LogP contribution in [0.5, 0.6) is 0 Å². The standard InChI is InChI=1S/C4H8N2O2/c1-3-2-8-6-4(7)5-3/h3H,2H2,1H3,(H2,5,6,7). The summed E-state index contributed by atoms with van der Waals surface area (Å²) in [6.07, 6.45) is 0. The average Bonchev–Trinajstić information content (AvgIpc) is 1.64. The maximum Gasteiger partial charge on any atom is 0.338 e. The van der Waals surface area contributed by atoms with Crippen molar-refractivity contribution in [2.75, 3.05) is 6.61 Å². The molecular formula is C4H8N2O2. The Morgan fingerprint density at radius 2 is 2.62 bits per heavy atom. The van der Waals surface area contributed by atoms with Crippen LogP contribution in [0, 0.1) is 0 Å². The van der Waals surface area contributed by atoms with Gasteiger partial charge in [0.05, 0.1) is 12.6 Å². The van der Waals surface area contributed by atoms with E-state index in [4.69, 9.17) is 0 Å². The van der Waals surface area contributed by atoms with Gasteiger partial charge in [0, 0.05) is 0 Å². The van der Waals surface area contributed by atoms with Crippen molar-refractivity contribution in [1.29, 1.82) is 0 Å². The van der Waals surface area contributed by atoms with Crippen molar-refractivity contribution in [1.82, 2.24) is 10.8 Å². The van der Waals surface area contributed by atoms with Gasteiger partial charge in [-0.15, -0.1) is 0 Å². The van der Waals surface area contributed by atoms with Crippen LogP contribution in [-0.4, -0.2) is 18.7 Å². The molecule has 0 aliphatic carbocycles. The van der Waals surface area contributed by atoms with Gasteiger partial charge in [-0.05, 0) is 6.92 Å². The van der Waals surface area contributed by atoms with E-state index in [1.54, 1.807) is 0 Å². The van der Waals surface area contributed by atoms with Crippen LogP contribution in [-0.2, 0) is 4.84 Å². The summed E-state index contributed by atoms with van der Waals surface area (Å²) in [6.45, 7) is 2.41. The van der Waals surface area contributed by atoms with E-state index < -0.39 is 0 Å². The zero-order valence-electron chi connectivity index (χ0n) is 4.60. The van der Waals surface area contributed by atoms with Crippen LogP contribution >= 0.6 is 0 Å². The van der Waals surface area contributed by atoms with E-state index >= 15 is 0 Å². The van der Waals surface area contributed by atoms with Crippen molar-refractivity contribution in [3.8, 4) is 0 Å². The van der Waals surface area contributed by atoms with Crippen LogP contribution in [0.1, 0.15) is 6.92 Å². The summed E-state index contributed by atoms with van der Waals surface area (Å²) in [4.78, 5) is 15.0. The maximum absolute atomic E-state index is 10.3. The molecule has 0 saturated carbocycles. The molecular weight excluding hydrogens is 108 g/mol. The lowest BCUT2D eigenvalue weighted by molar-refractivity contribution is 0.0271. The van der Waals surface area contributed by atoms with Crippen LogP contribution < -0.4 is 10.8 Å². The number of amides is 2. The zero-order valence-corrected chi connectivity index (χ0v) is 4.60. The highest BCUT2D eigenvalue weighted by Gasteiger charge is 2.12. The van der Waals surface area contributed by atoms with Gasteiger partial charge in [-0.1, -0.05) is 0 Å². The lowest BCUT2D eigenvalue weighted by atomic mass is 10.4. The normalized spacial score (nSPS) is 28.6. The van der Waals surface area contributed by atoms with Gasteiger partial charge in [-0.3, -0.25) is 4.84 Å². The predicted octanol–water partition coefficient (Wildman–Crippen LogP) is -0.381. The number of nitrogens with one attached hydrogen (secondary N) is 2. The second-order valence-corrected chi connectivity index (χ2v) is 1.79.